The van der Waals surface area contributed by atoms with Crippen molar-refractivity contribution in [1.29, 1.82) is 0 Å². The number of nitrogens with one attached hydrogen (secondary N) is 2. The summed E-state index contributed by atoms with van der Waals surface area (Å²) in [7, 11) is -5.20. The van der Waals surface area contributed by atoms with E-state index in [9.17, 15) is 41.7 Å². The molecule has 3 heterocycles. The van der Waals surface area contributed by atoms with E-state index in [2.05, 4.69) is 20.8 Å². The van der Waals surface area contributed by atoms with Crippen LogP contribution < -0.4 is 16.3 Å². The molecule has 0 spiro atoms. The third-order valence-corrected chi connectivity index (χ3v) is 8.06. The summed E-state index contributed by atoms with van der Waals surface area (Å²) < 4.78 is 51.4. The Hall–Kier alpha value is -4.83. The number of aromatic nitrogens is 3. The summed E-state index contributed by atoms with van der Waals surface area (Å²) in [4.78, 5) is 87.1. The molecule has 0 bridgehead atoms. The quantitative estimate of drug-likeness (QED) is 0.0782. The number of rotatable bonds is 10. The first-order valence-corrected chi connectivity index (χ1v) is 17.8. The number of amides is 3. The summed E-state index contributed by atoms with van der Waals surface area (Å²) in [6.45, 7) is 16.5. The Bertz CT molecular complexity index is 1920. The zero-order valence-electron chi connectivity index (χ0n) is 30.5. The van der Waals surface area contributed by atoms with Gasteiger partial charge >= 0.3 is 34.1 Å². The van der Waals surface area contributed by atoms with E-state index in [-0.39, 0.29) is 15.1 Å². The van der Waals surface area contributed by atoms with Crippen molar-refractivity contribution >= 4 is 62.5 Å². The highest BCUT2D eigenvalue weighted by molar-refractivity contribution is 7.84. The number of β-lactam (4-membered cyclic amide) rings is 1. The highest BCUT2D eigenvalue weighted by Gasteiger charge is 2.54. The Morgan fingerprint density at radius 1 is 0.923 bits per heavy atom. The summed E-state index contributed by atoms with van der Waals surface area (Å²) >= 11 is 0.855. The number of anilines is 1. The zero-order valence-corrected chi connectivity index (χ0v) is 32.1. The first kappa shape index (κ1) is 41.6. The minimum atomic E-state index is -5.20. The lowest BCUT2D eigenvalue weighted by Crippen LogP contribution is -2.73. The van der Waals surface area contributed by atoms with Crippen LogP contribution in [0.25, 0.3) is 0 Å². The van der Waals surface area contributed by atoms with Gasteiger partial charge in [-0.1, -0.05) is 5.16 Å². The molecule has 0 saturated carbocycles. The molecule has 1 saturated heterocycles. The average molecular weight is 774 g/mol. The van der Waals surface area contributed by atoms with E-state index in [0.29, 0.717) is 4.57 Å². The molecule has 1 aliphatic rings. The maximum absolute atomic E-state index is 13.8. The van der Waals surface area contributed by atoms with Crippen molar-refractivity contribution in [3.63, 3.8) is 0 Å². The standard InChI is InChI=1S/C30H43N7O13S2/c1-27(2,3)47-22(40)30(10,11)50-34-18(16-15-51-23(31-16)33-24(41)48-28(4,5)6)20(38)32-19-17(37(21(19)39)52(44,45)46)14-35-12-13-36(25(35)42)26(43)49-29(7,8)9/h12-13,15,17,19H,14H2,1-11H3,(H,32,38)(H,31,33,41)(H,44,45,46)/b34-18-/t17-,19+/m1/s1. The van der Waals surface area contributed by atoms with Crippen LogP contribution in [-0.2, 0) is 50.3 Å². The van der Waals surface area contributed by atoms with Gasteiger partial charge in [-0.15, -0.1) is 11.3 Å². The van der Waals surface area contributed by atoms with Gasteiger partial charge in [0.1, 0.15) is 28.5 Å². The Morgan fingerprint density at radius 2 is 1.50 bits per heavy atom. The fourth-order valence-electron chi connectivity index (χ4n) is 4.19. The topological polar surface area (TPSA) is 256 Å². The van der Waals surface area contributed by atoms with Gasteiger partial charge in [-0.2, -0.15) is 8.42 Å². The SMILES string of the molecule is CC(C)(C)OC(=O)Nc1nc(/C(=N/OC(C)(C)C(=O)OC(C)(C)C)C(=O)N[C@@H]2C(=O)N(S(=O)(=O)O)[C@@H]2Cn2ccn(C(=O)OC(C)(C)C)c2=O)cs1. The highest BCUT2D eigenvalue weighted by atomic mass is 32.2. The van der Waals surface area contributed by atoms with Crippen LogP contribution in [-0.4, -0.2) is 102 Å². The van der Waals surface area contributed by atoms with Crippen molar-refractivity contribution in [2.75, 3.05) is 5.32 Å². The fourth-order valence-corrected chi connectivity index (χ4v) is 5.74. The average Bonchev–Trinajstić information content (AvgIpc) is 3.54. The molecular weight excluding hydrogens is 730 g/mol. The molecule has 3 N–H and O–H groups in total. The van der Waals surface area contributed by atoms with Crippen molar-refractivity contribution in [3.05, 3.63) is 34.0 Å². The van der Waals surface area contributed by atoms with Gasteiger partial charge < -0.3 is 24.4 Å². The number of hydrogen-bond acceptors (Lipinski definition) is 15. The number of carbonyl (C=O) groups is 5. The molecule has 2 aromatic heterocycles. The van der Waals surface area contributed by atoms with E-state index in [0.717, 1.165) is 28.3 Å². The van der Waals surface area contributed by atoms with Crippen LogP contribution in [0, 0.1) is 0 Å². The molecule has 0 radical (unpaired) electrons. The van der Waals surface area contributed by atoms with Gasteiger partial charge in [0.15, 0.2) is 10.8 Å². The van der Waals surface area contributed by atoms with Crippen LogP contribution in [0.5, 0.6) is 0 Å². The van der Waals surface area contributed by atoms with Gasteiger partial charge in [-0.25, -0.2) is 33.0 Å². The highest BCUT2D eigenvalue weighted by Crippen LogP contribution is 2.26. The molecule has 0 aromatic carbocycles. The van der Waals surface area contributed by atoms with E-state index in [1.54, 1.807) is 62.3 Å². The van der Waals surface area contributed by atoms with Gasteiger partial charge in [-0.05, 0) is 76.2 Å². The molecule has 2 atom stereocenters. The minimum absolute atomic E-state index is 0.0415. The second-order valence-electron chi connectivity index (χ2n) is 14.9. The summed E-state index contributed by atoms with van der Waals surface area (Å²) in [5.74, 6) is -3.30. The Labute approximate surface area is 303 Å². The van der Waals surface area contributed by atoms with Crippen LogP contribution in [0.4, 0.5) is 14.7 Å². The van der Waals surface area contributed by atoms with Crippen LogP contribution in [0.3, 0.4) is 0 Å². The van der Waals surface area contributed by atoms with Crippen LogP contribution in [0.2, 0.25) is 0 Å². The number of hydrogen-bond donors (Lipinski definition) is 3. The summed E-state index contributed by atoms with van der Waals surface area (Å²) in [6, 6.07) is -3.27. The van der Waals surface area contributed by atoms with E-state index < -0.39 is 92.7 Å². The third-order valence-electron chi connectivity index (χ3n) is 6.35. The number of oxime groups is 1. The number of thiazole rings is 1. The molecule has 0 unspecified atom stereocenters. The molecule has 0 aliphatic carbocycles. The number of esters is 1. The summed E-state index contributed by atoms with van der Waals surface area (Å²) in [6.07, 6.45) is 0.283. The van der Waals surface area contributed by atoms with E-state index in [1.165, 1.54) is 19.2 Å². The maximum atomic E-state index is 13.8. The van der Waals surface area contributed by atoms with Crippen molar-refractivity contribution in [3.8, 4) is 0 Å². The predicted molar refractivity (Wildman–Crippen MR) is 184 cm³/mol. The number of carbonyl (C=O) groups excluding carboxylic acids is 5. The van der Waals surface area contributed by atoms with Crippen molar-refractivity contribution in [2.45, 2.75) is 117 Å². The zero-order chi connectivity index (χ0) is 39.8. The van der Waals surface area contributed by atoms with Gasteiger partial charge in [0.2, 0.25) is 5.60 Å². The van der Waals surface area contributed by atoms with Crippen LogP contribution in [0.1, 0.15) is 81.9 Å². The minimum Gasteiger partial charge on any atom is -0.457 e. The first-order chi connectivity index (χ1) is 23.5. The lowest BCUT2D eigenvalue weighted by Gasteiger charge is -2.44. The molecule has 1 fully saturated rings. The van der Waals surface area contributed by atoms with Crippen molar-refractivity contribution in [2.24, 2.45) is 5.16 Å². The lowest BCUT2D eigenvalue weighted by molar-refractivity contribution is -0.179. The Balaban J connectivity index is 1.97. The Morgan fingerprint density at radius 3 is 2.04 bits per heavy atom. The maximum Gasteiger partial charge on any atom is 0.422 e. The largest absolute Gasteiger partial charge is 0.457 e. The van der Waals surface area contributed by atoms with E-state index in [4.69, 9.17) is 19.0 Å². The van der Waals surface area contributed by atoms with Gasteiger partial charge in [-0.3, -0.25) is 24.0 Å². The normalized spacial score (nSPS) is 17.2. The molecule has 288 valence electrons. The Kier molecular flexibility index (Phi) is 11.7. The van der Waals surface area contributed by atoms with E-state index in [1.807, 2.05) is 0 Å². The predicted octanol–water partition coefficient (Wildman–Crippen LogP) is 2.28. The van der Waals surface area contributed by atoms with E-state index >= 15 is 0 Å². The fraction of sp³-hybridized carbons (Fsp3) is 0.600. The van der Waals surface area contributed by atoms with Crippen LogP contribution >= 0.6 is 11.3 Å². The molecule has 2 aromatic rings. The van der Waals surface area contributed by atoms with Gasteiger partial charge in [0.05, 0.1) is 12.6 Å². The lowest BCUT2D eigenvalue weighted by atomic mass is 9.98. The van der Waals surface area contributed by atoms with Crippen molar-refractivity contribution < 1.29 is 56.0 Å². The number of nitrogens with zero attached hydrogens (tertiary/aromatic N) is 5. The van der Waals surface area contributed by atoms with Gasteiger partial charge in [0.25, 0.3) is 11.8 Å². The van der Waals surface area contributed by atoms with Crippen molar-refractivity contribution in [1.82, 2.24) is 23.7 Å². The molecule has 3 amide bonds. The number of imidazole rings is 1. The molecule has 20 nitrogen and oxygen atoms in total. The molecule has 22 heteroatoms. The van der Waals surface area contributed by atoms with Crippen LogP contribution in [0.15, 0.2) is 27.7 Å². The second-order valence-corrected chi connectivity index (χ2v) is 17.1. The second kappa shape index (κ2) is 14.7. The van der Waals surface area contributed by atoms with Gasteiger partial charge in [0, 0.05) is 17.8 Å². The first-order valence-electron chi connectivity index (χ1n) is 15.6. The third kappa shape index (κ3) is 10.8. The number of ether oxygens (including phenoxy) is 3. The molecule has 52 heavy (non-hydrogen) atoms. The summed E-state index contributed by atoms with van der Waals surface area (Å²) in [5, 5.41) is 9.81. The smallest absolute Gasteiger partial charge is 0.422 e. The summed E-state index contributed by atoms with van der Waals surface area (Å²) in [5.41, 5.74) is -6.29. The monoisotopic (exact) mass is 773 g/mol. The molecular formula is C30H43N7O13S2. The molecule has 3 rings (SSSR count). The molecule has 1 aliphatic heterocycles.